The molecular weight excluding hydrogens is 297 g/mol. The smallest absolute Gasteiger partial charge is 0.317 e. The number of amides is 2. The summed E-state index contributed by atoms with van der Waals surface area (Å²) in [5.41, 5.74) is 0.857. The fourth-order valence-corrected chi connectivity index (χ4v) is 2.54. The Labute approximate surface area is 136 Å². The Balaban J connectivity index is 1.94. The van der Waals surface area contributed by atoms with E-state index in [4.69, 9.17) is 0 Å². The van der Waals surface area contributed by atoms with Gasteiger partial charge in [0.25, 0.3) is 0 Å². The van der Waals surface area contributed by atoms with Crippen LogP contribution in [0.4, 0.5) is 14.9 Å². The summed E-state index contributed by atoms with van der Waals surface area (Å²) in [6.45, 7) is 8.42. The number of carbonyl (C=O) groups is 2. The lowest BCUT2D eigenvalue weighted by atomic mass is 10.1. The molecule has 23 heavy (non-hydrogen) atoms. The van der Waals surface area contributed by atoms with E-state index in [1.807, 2.05) is 18.7 Å². The molecule has 0 radical (unpaired) electrons. The first-order chi connectivity index (χ1) is 10.9. The van der Waals surface area contributed by atoms with Gasteiger partial charge in [-0.3, -0.25) is 4.79 Å². The van der Waals surface area contributed by atoms with Crippen molar-refractivity contribution in [1.82, 2.24) is 10.2 Å². The quantitative estimate of drug-likeness (QED) is 0.867. The Kier molecular flexibility index (Phi) is 5.58. The van der Waals surface area contributed by atoms with E-state index >= 15 is 0 Å². The van der Waals surface area contributed by atoms with Crippen molar-refractivity contribution in [2.75, 3.05) is 37.6 Å². The highest BCUT2D eigenvalue weighted by Gasteiger charge is 2.23. The van der Waals surface area contributed by atoms with Crippen LogP contribution in [0, 0.1) is 11.7 Å². The minimum absolute atomic E-state index is 0.0641. The van der Waals surface area contributed by atoms with Gasteiger partial charge in [-0.2, -0.15) is 0 Å². The molecule has 1 saturated heterocycles. The van der Waals surface area contributed by atoms with Gasteiger partial charge in [-0.1, -0.05) is 13.8 Å². The number of anilines is 1. The topological polar surface area (TPSA) is 52.7 Å². The maximum Gasteiger partial charge on any atom is 0.317 e. The minimum atomic E-state index is -0.393. The van der Waals surface area contributed by atoms with Crippen LogP contribution in [0.2, 0.25) is 0 Å². The Bertz CT molecular complexity index is 581. The zero-order valence-corrected chi connectivity index (χ0v) is 13.9. The normalized spacial score (nSPS) is 15.0. The molecule has 2 amide bonds. The molecule has 1 heterocycles. The first kappa shape index (κ1) is 17.2. The molecule has 1 aromatic carbocycles. The lowest BCUT2D eigenvalue weighted by Gasteiger charge is -2.36. The van der Waals surface area contributed by atoms with Gasteiger partial charge in [0.05, 0.1) is 5.69 Å². The summed E-state index contributed by atoms with van der Waals surface area (Å²) in [6.07, 6.45) is 0. The molecule has 1 aliphatic heterocycles. The number of halogens is 1. The molecule has 0 unspecified atom stereocenters. The number of hydrogen-bond donors (Lipinski definition) is 1. The van der Waals surface area contributed by atoms with Crippen molar-refractivity contribution in [3.63, 3.8) is 0 Å². The highest BCUT2D eigenvalue weighted by molar-refractivity contribution is 5.94. The maximum absolute atomic E-state index is 14.2. The van der Waals surface area contributed by atoms with Crippen molar-refractivity contribution < 1.29 is 14.0 Å². The molecule has 1 aliphatic rings. The van der Waals surface area contributed by atoms with Crippen LogP contribution in [0.1, 0.15) is 31.1 Å². The summed E-state index contributed by atoms with van der Waals surface area (Å²) in [5.74, 6) is -0.133. The van der Waals surface area contributed by atoms with Crippen LogP contribution in [-0.2, 0) is 0 Å². The van der Waals surface area contributed by atoms with Crippen molar-refractivity contribution >= 4 is 17.5 Å². The Morgan fingerprint density at radius 2 is 1.87 bits per heavy atom. The van der Waals surface area contributed by atoms with Gasteiger partial charge in [0.1, 0.15) is 5.82 Å². The average Bonchev–Trinajstić information content (AvgIpc) is 2.52. The molecule has 2 rings (SSSR count). The molecule has 0 aromatic heterocycles. The molecular formula is C17H24FN3O2. The van der Waals surface area contributed by atoms with Gasteiger partial charge in [0, 0.05) is 38.3 Å². The van der Waals surface area contributed by atoms with Gasteiger partial charge < -0.3 is 15.1 Å². The fourth-order valence-electron chi connectivity index (χ4n) is 2.54. The van der Waals surface area contributed by atoms with Gasteiger partial charge >= 0.3 is 6.03 Å². The Morgan fingerprint density at radius 3 is 2.39 bits per heavy atom. The number of ketones is 1. The largest absolute Gasteiger partial charge is 0.366 e. The van der Waals surface area contributed by atoms with E-state index < -0.39 is 5.82 Å². The standard InChI is InChI=1S/C17H24FN3O2/c1-12(2)11-19-17(23)21-8-6-20(7-9-21)16-5-4-14(13(3)22)10-15(16)18/h4-5,10,12H,6-9,11H2,1-3H3,(H,19,23). The van der Waals surface area contributed by atoms with Crippen molar-refractivity contribution in [1.29, 1.82) is 0 Å². The monoisotopic (exact) mass is 321 g/mol. The third-order valence-corrected chi connectivity index (χ3v) is 3.92. The summed E-state index contributed by atoms with van der Waals surface area (Å²) >= 11 is 0. The molecule has 6 heteroatoms. The zero-order valence-electron chi connectivity index (χ0n) is 13.9. The van der Waals surface area contributed by atoms with E-state index in [1.165, 1.54) is 13.0 Å². The number of carbonyl (C=O) groups excluding carboxylic acids is 2. The van der Waals surface area contributed by atoms with Crippen molar-refractivity contribution in [2.45, 2.75) is 20.8 Å². The number of hydrogen-bond acceptors (Lipinski definition) is 3. The van der Waals surface area contributed by atoms with Gasteiger partial charge in [-0.25, -0.2) is 9.18 Å². The first-order valence-electron chi connectivity index (χ1n) is 7.96. The number of Topliss-reactive ketones (excluding diaryl/α,β-unsaturated/α-hetero) is 1. The highest BCUT2D eigenvalue weighted by atomic mass is 19.1. The van der Waals surface area contributed by atoms with Crippen LogP contribution in [-0.4, -0.2) is 49.4 Å². The second-order valence-corrected chi connectivity index (χ2v) is 6.28. The van der Waals surface area contributed by atoms with Gasteiger partial charge in [0.15, 0.2) is 5.78 Å². The number of rotatable bonds is 4. The van der Waals surface area contributed by atoms with Gasteiger partial charge in [-0.15, -0.1) is 0 Å². The predicted octanol–water partition coefficient (Wildman–Crippen LogP) is 2.52. The van der Waals surface area contributed by atoms with E-state index in [-0.39, 0.29) is 11.8 Å². The van der Waals surface area contributed by atoms with Crippen LogP contribution in [0.15, 0.2) is 18.2 Å². The maximum atomic E-state index is 14.2. The number of urea groups is 1. The van der Waals surface area contributed by atoms with Crippen LogP contribution < -0.4 is 10.2 Å². The van der Waals surface area contributed by atoms with Crippen molar-refractivity contribution in [2.24, 2.45) is 5.92 Å². The molecule has 0 saturated carbocycles. The van der Waals surface area contributed by atoms with E-state index in [9.17, 15) is 14.0 Å². The first-order valence-corrected chi connectivity index (χ1v) is 7.96. The molecule has 1 aromatic rings. The molecule has 0 aliphatic carbocycles. The highest BCUT2D eigenvalue weighted by Crippen LogP contribution is 2.22. The van der Waals surface area contributed by atoms with Crippen LogP contribution >= 0.6 is 0 Å². The molecule has 126 valence electrons. The number of nitrogens with one attached hydrogen (secondary N) is 1. The predicted molar refractivity (Wildman–Crippen MR) is 88.4 cm³/mol. The number of benzene rings is 1. The second-order valence-electron chi connectivity index (χ2n) is 6.28. The second kappa shape index (κ2) is 7.44. The summed E-state index contributed by atoms with van der Waals surface area (Å²) in [4.78, 5) is 27.0. The zero-order chi connectivity index (χ0) is 17.0. The summed E-state index contributed by atoms with van der Waals surface area (Å²) < 4.78 is 14.2. The van der Waals surface area contributed by atoms with E-state index in [0.717, 1.165) is 0 Å². The molecule has 5 nitrogen and oxygen atoms in total. The van der Waals surface area contributed by atoms with Crippen LogP contribution in [0.5, 0.6) is 0 Å². The SMILES string of the molecule is CC(=O)c1ccc(N2CCN(C(=O)NCC(C)C)CC2)c(F)c1. The third kappa shape index (κ3) is 4.43. The number of nitrogens with zero attached hydrogens (tertiary/aromatic N) is 2. The lowest BCUT2D eigenvalue weighted by Crippen LogP contribution is -2.52. The summed E-state index contributed by atoms with van der Waals surface area (Å²) in [6, 6.07) is 4.49. The molecule has 0 atom stereocenters. The van der Waals surface area contributed by atoms with E-state index in [2.05, 4.69) is 5.32 Å². The van der Waals surface area contributed by atoms with Crippen LogP contribution in [0.25, 0.3) is 0 Å². The average molecular weight is 321 g/mol. The van der Waals surface area contributed by atoms with E-state index in [1.54, 1.807) is 17.0 Å². The van der Waals surface area contributed by atoms with Gasteiger partial charge in [-0.05, 0) is 31.0 Å². The van der Waals surface area contributed by atoms with E-state index in [0.29, 0.717) is 49.9 Å². The molecule has 1 fully saturated rings. The van der Waals surface area contributed by atoms with Gasteiger partial charge in [0.2, 0.25) is 0 Å². The third-order valence-electron chi connectivity index (χ3n) is 3.92. The fraction of sp³-hybridized carbons (Fsp3) is 0.529. The molecule has 0 spiro atoms. The Hall–Kier alpha value is -2.11. The van der Waals surface area contributed by atoms with Crippen molar-refractivity contribution in [3.05, 3.63) is 29.6 Å². The van der Waals surface area contributed by atoms with Crippen molar-refractivity contribution in [3.8, 4) is 0 Å². The number of piperazine rings is 1. The Morgan fingerprint density at radius 1 is 1.22 bits per heavy atom. The van der Waals surface area contributed by atoms with Crippen LogP contribution in [0.3, 0.4) is 0 Å². The molecule has 1 N–H and O–H groups in total. The summed E-state index contributed by atoms with van der Waals surface area (Å²) in [5, 5.41) is 2.89. The molecule has 0 bridgehead atoms. The minimum Gasteiger partial charge on any atom is -0.366 e. The lowest BCUT2D eigenvalue weighted by molar-refractivity contribution is 0.101. The summed E-state index contributed by atoms with van der Waals surface area (Å²) in [7, 11) is 0.